The second kappa shape index (κ2) is 18.2. The highest BCUT2D eigenvalue weighted by Crippen LogP contribution is 2.62. The van der Waals surface area contributed by atoms with E-state index in [4.69, 9.17) is 9.47 Å². The smallest absolute Gasteiger partial charge is 0.151 e. The molecule has 80 heavy (non-hydrogen) atoms. The van der Waals surface area contributed by atoms with Crippen LogP contribution in [0.3, 0.4) is 0 Å². The Hall–Kier alpha value is -10.2. The molecule has 4 nitrogen and oxygen atoms in total. The van der Waals surface area contributed by atoms with E-state index >= 15 is 0 Å². The van der Waals surface area contributed by atoms with Gasteiger partial charge in [0.2, 0.25) is 0 Å². The van der Waals surface area contributed by atoms with Crippen LogP contribution in [0.25, 0.3) is 34.4 Å². The van der Waals surface area contributed by atoms with Crippen molar-refractivity contribution < 1.29 is 9.47 Å². The first-order valence-corrected chi connectivity index (χ1v) is 27.8. The molecule has 0 amide bonds. The van der Waals surface area contributed by atoms with E-state index in [1.165, 1.54) is 61.2 Å². The van der Waals surface area contributed by atoms with Gasteiger partial charge < -0.3 is 19.3 Å². The van der Waals surface area contributed by atoms with Gasteiger partial charge in [-0.3, -0.25) is 0 Å². The van der Waals surface area contributed by atoms with E-state index in [1.54, 1.807) is 0 Å². The normalized spacial score (nSPS) is 17.2. The van der Waals surface area contributed by atoms with Gasteiger partial charge in [0.15, 0.2) is 23.0 Å². The second-order valence-corrected chi connectivity index (χ2v) is 21.5. The van der Waals surface area contributed by atoms with E-state index in [2.05, 4.69) is 283 Å². The fourth-order valence-electron chi connectivity index (χ4n) is 14.0. The summed E-state index contributed by atoms with van der Waals surface area (Å²) in [4.78, 5) is 4.73. The van der Waals surface area contributed by atoms with E-state index < -0.39 is 10.8 Å². The molecular weight excluding hydrogens is 973 g/mol. The minimum atomic E-state index is -0.626. The highest BCUT2D eigenvalue weighted by molar-refractivity contribution is 5.94. The topological polar surface area (TPSA) is 24.9 Å². The minimum absolute atomic E-state index is 0.157. The number of fused-ring (bicyclic) bond motifs is 10. The molecule has 11 aromatic carbocycles. The first-order valence-electron chi connectivity index (χ1n) is 27.8. The molecule has 3 aliphatic carbocycles. The number of nitrogens with zero attached hydrogens (tertiary/aromatic N) is 2. The van der Waals surface area contributed by atoms with Crippen molar-refractivity contribution >= 4 is 46.3 Å². The van der Waals surface area contributed by atoms with Crippen molar-refractivity contribution in [3.8, 4) is 45.3 Å². The van der Waals surface area contributed by atoms with Gasteiger partial charge in [0.25, 0.3) is 0 Å². The van der Waals surface area contributed by atoms with Gasteiger partial charge in [0.1, 0.15) is 0 Å². The number of anilines is 6. The van der Waals surface area contributed by atoms with Crippen LogP contribution in [-0.4, -0.2) is 0 Å². The van der Waals surface area contributed by atoms with E-state index in [0.29, 0.717) is 0 Å². The average Bonchev–Trinajstić information content (AvgIpc) is 4.18. The molecule has 2 heterocycles. The van der Waals surface area contributed by atoms with Crippen molar-refractivity contribution in [3.05, 3.63) is 335 Å². The van der Waals surface area contributed by atoms with Gasteiger partial charge in [-0.25, -0.2) is 0 Å². The Labute approximate surface area is 466 Å². The maximum atomic E-state index is 6.51. The number of hydrogen-bond acceptors (Lipinski definition) is 4. The highest BCUT2D eigenvalue weighted by atomic mass is 16.5. The quantitative estimate of drug-likeness (QED) is 0.142. The zero-order valence-corrected chi connectivity index (χ0v) is 43.8. The SMILES string of the molecule is C1=CCC(C2(c3ccccc3)c3cc(/C=C/c4ccc5c(c4)C(c4ccccc4)(c4ccccc4)c4cc(N6c7ccccc7Oc7ccccc76)ccc4-5)ccc3-c3ccc(N4c5ccccc5Oc5ccccc54)cc32)C=C1. The molecule has 0 spiro atoms. The Morgan fingerprint density at radius 3 is 1.19 bits per heavy atom. The Balaban J connectivity index is 0.844. The molecule has 0 N–H and O–H groups in total. The second-order valence-electron chi connectivity index (χ2n) is 21.5. The van der Waals surface area contributed by atoms with Crippen LogP contribution in [0.15, 0.2) is 285 Å². The largest absolute Gasteiger partial charge is 0.453 e. The maximum absolute atomic E-state index is 6.51. The summed E-state index contributed by atoms with van der Waals surface area (Å²) in [5.74, 6) is 3.51. The van der Waals surface area contributed by atoms with Crippen LogP contribution in [0, 0.1) is 5.92 Å². The molecule has 11 aromatic rings. The van der Waals surface area contributed by atoms with E-state index in [9.17, 15) is 0 Å². The molecule has 0 saturated carbocycles. The molecule has 0 fully saturated rings. The van der Waals surface area contributed by atoms with Crippen LogP contribution in [0.5, 0.6) is 23.0 Å². The lowest BCUT2D eigenvalue weighted by Gasteiger charge is -2.40. The summed E-state index contributed by atoms with van der Waals surface area (Å²) in [5.41, 5.74) is 21.3. The number of para-hydroxylation sites is 8. The van der Waals surface area contributed by atoms with Crippen LogP contribution in [0.4, 0.5) is 34.1 Å². The fraction of sp³-hybridized carbons (Fsp3) is 0.0526. The van der Waals surface area contributed by atoms with Gasteiger partial charge in [-0.2, -0.15) is 0 Å². The van der Waals surface area contributed by atoms with Gasteiger partial charge in [0.05, 0.1) is 33.6 Å². The molecule has 2 atom stereocenters. The standard InChI is InChI=1S/C76H52N2O2/c1-5-21-53(22-6-1)75(54-23-7-2-8-24-54)63-47-51(39-43-59(63)61-45-41-57(49-65(61)75)77-67-29-13-17-33-71(67)79-72-34-18-14-30-68(72)77)37-38-52-40-44-60-62-46-42-58(78-69-31-15-19-35-73(69)80-74-36-20-16-32-70(74)78)50-66(62)76(64(60)48-52,55-25-9-3-10-26-55)56-27-11-4-12-28-56/h1-27,29-50,56H,28H2/b38-37+. The molecule has 0 radical (unpaired) electrons. The molecule has 4 heteroatoms. The molecule has 2 aliphatic heterocycles. The third-order valence-corrected chi connectivity index (χ3v) is 17.4. The van der Waals surface area contributed by atoms with E-state index in [1.807, 2.05) is 24.3 Å². The average molecular weight is 1030 g/mol. The van der Waals surface area contributed by atoms with Gasteiger partial charge >= 0.3 is 0 Å². The van der Waals surface area contributed by atoms with Crippen molar-refractivity contribution in [2.45, 2.75) is 17.3 Å². The third-order valence-electron chi connectivity index (χ3n) is 17.4. The van der Waals surface area contributed by atoms with Crippen molar-refractivity contribution in [2.75, 3.05) is 9.80 Å². The molecule has 0 aromatic heterocycles. The molecule has 0 bridgehead atoms. The van der Waals surface area contributed by atoms with Gasteiger partial charge in [-0.05, 0) is 170 Å². The maximum Gasteiger partial charge on any atom is 0.151 e. The summed E-state index contributed by atoms with van der Waals surface area (Å²) in [6.45, 7) is 0. The molecule has 0 saturated heterocycles. The Bertz CT molecular complexity index is 4240. The van der Waals surface area contributed by atoms with Gasteiger partial charge in [0, 0.05) is 11.4 Å². The molecule has 16 rings (SSSR count). The number of rotatable bonds is 8. The zero-order chi connectivity index (χ0) is 52.8. The number of allylic oxidation sites excluding steroid dienone is 4. The summed E-state index contributed by atoms with van der Waals surface area (Å²) in [6.07, 6.45) is 14.8. The highest BCUT2D eigenvalue weighted by Gasteiger charge is 2.50. The predicted octanol–water partition coefficient (Wildman–Crippen LogP) is 19.8. The van der Waals surface area contributed by atoms with Crippen LogP contribution >= 0.6 is 0 Å². The number of benzene rings is 11. The minimum Gasteiger partial charge on any atom is -0.453 e. The Morgan fingerprint density at radius 1 is 0.350 bits per heavy atom. The fourth-order valence-corrected chi connectivity index (χ4v) is 14.0. The molecule has 378 valence electrons. The van der Waals surface area contributed by atoms with Crippen molar-refractivity contribution in [1.82, 2.24) is 0 Å². The van der Waals surface area contributed by atoms with Gasteiger partial charge in [-0.15, -0.1) is 0 Å². The summed E-state index contributed by atoms with van der Waals surface area (Å²) in [7, 11) is 0. The number of ether oxygens (including phenoxy) is 2. The van der Waals surface area contributed by atoms with Crippen molar-refractivity contribution in [2.24, 2.45) is 5.92 Å². The summed E-state index contributed by atoms with van der Waals surface area (Å²) in [5, 5.41) is 0. The Morgan fingerprint density at radius 2 is 0.725 bits per heavy atom. The van der Waals surface area contributed by atoms with Crippen molar-refractivity contribution in [1.29, 1.82) is 0 Å². The predicted molar refractivity (Wildman–Crippen MR) is 327 cm³/mol. The summed E-state index contributed by atoms with van der Waals surface area (Å²) >= 11 is 0. The zero-order valence-electron chi connectivity index (χ0n) is 43.8. The lowest BCUT2D eigenvalue weighted by atomic mass is 9.62. The molecular formula is C76H52N2O2. The summed E-state index contributed by atoms with van der Waals surface area (Å²) < 4.78 is 13.0. The first-order chi connectivity index (χ1) is 39.7. The van der Waals surface area contributed by atoms with E-state index in [-0.39, 0.29) is 5.92 Å². The molecule has 5 aliphatic rings. The van der Waals surface area contributed by atoms with Crippen LogP contribution in [0.2, 0.25) is 0 Å². The lowest BCUT2D eigenvalue weighted by molar-refractivity contribution is 0.457. The number of hydrogen-bond donors (Lipinski definition) is 0. The monoisotopic (exact) mass is 1020 g/mol. The molecule has 2 unspecified atom stereocenters. The van der Waals surface area contributed by atoms with Gasteiger partial charge in [-0.1, -0.05) is 212 Å². The lowest BCUT2D eigenvalue weighted by Crippen LogP contribution is -2.35. The Kier molecular flexibility index (Phi) is 10.5. The van der Waals surface area contributed by atoms with E-state index in [0.717, 1.165) is 74.7 Å². The van der Waals surface area contributed by atoms with Crippen molar-refractivity contribution in [3.63, 3.8) is 0 Å². The first kappa shape index (κ1) is 46.0. The third kappa shape index (κ3) is 6.82. The van der Waals surface area contributed by atoms with Crippen LogP contribution in [0.1, 0.15) is 56.5 Å². The van der Waals surface area contributed by atoms with Crippen LogP contribution in [-0.2, 0) is 10.8 Å². The summed E-state index contributed by atoms with van der Waals surface area (Å²) in [6, 6.07) is 95.3. The van der Waals surface area contributed by atoms with Crippen LogP contribution < -0.4 is 19.3 Å².